The van der Waals surface area contributed by atoms with E-state index in [1.54, 1.807) is 6.26 Å². The van der Waals surface area contributed by atoms with Crippen LogP contribution in [0.25, 0.3) is 0 Å². The molecule has 0 bridgehead atoms. The van der Waals surface area contributed by atoms with Crippen LogP contribution >= 0.6 is 11.8 Å². The number of aliphatic carboxylic acids is 2. The van der Waals surface area contributed by atoms with Gasteiger partial charge in [-0.25, -0.2) is 0 Å². The summed E-state index contributed by atoms with van der Waals surface area (Å²) in [5, 5.41) is 23.9. The van der Waals surface area contributed by atoms with Crippen molar-refractivity contribution in [1.82, 2.24) is 16.0 Å². The fraction of sp³-hybridized carbons (Fsp3) is 0.600. The second kappa shape index (κ2) is 13.3. The lowest BCUT2D eigenvalue weighted by Gasteiger charge is -2.23. The van der Waals surface area contributed by atoms with E-state index in [4.69, 9.17) is 21.7 Å². The Morgan fingerprint density at radius 1 is 0.897 bits per heavy atom. The first-order chi connectivity index (χ1) is 13.5. The smallest absolute Gasteiger partial charge is 0.322 e. The van der Waals surface area contributed by atoms with Gasteiger partial charge in [-0.1, -0.05) is 0 Å². The summed E-state index contributed by atoms with van der Waals surface area (Å²) in [6.07, 6.45) is 0.629. The van der Waals surface area contributed by atoms with Crippen LogP contribution < -0.4 is 27.4 Å². The maximum atomic E-state index is 12.5. The van der Waals surface area contributed by atoms with E-state index in [0.717, 1.165) is 0 Å². The number of nitrogens with two attached hydrogens (primary N) is 2. The number of thioether (sulfide) groups is 1. The molecule has 9 N–H and O–H groups in total. The van der Waals surface area contributed by atoms with E-state index in [1.165, 1.54) is 11.8 Å². The fourth-order valence-electron chi connectivity index (χ4n) is 2.03. The Bertz CT molecular complexity index is 644. The van der Waals surface area contributed by atoms with Gasteiger partial charge in [-0.3, -0.25) is 28.8 Å². The van der Waals surface area contributed by atoms with Gasteiger partial charge in [0.2, 0.25) is 23.6 Å². The molecule has 0 aromatic heterocycles. The number of amides is 4. The molecule has 3 unspecified atom stereocenters. The molecule has 0 heterocycles. The molecular formula is C15H25N5O8S. The van der Waals surface area contributed by atoms with Crippen molar-refractivity contribution in [2.75, 3.05) is 18.6 Å². The van der Waals surface area contributed by atoms with E-state index in [0.29, 0.717) is 5.75 Å². The summed E-state index contributed by atoms with van der Waals surface area (Å²) in [4.78, 5) is 69.0. The maximum Gasteiger partial charge on any atom is 0.322 e. The number of carboxylic acids is 2. The van der Waals surface area contributed by atoms with Crippen molar-refractivity contribution in [3.63, 3.8) is 0 Å². The Morgan fingerprint density at radius 3 is 1.97 bits per heavy atom. The van der Waals surface area contributed by atoms with Crippen LogP contribution in [0.4, 0.5) is 0 Å². The van der Waals surface area contributed by atoms with Crippen LogP contribution in [-0.2, 0) is 28.8 Å². The van der Waals surface area contributed by atoms with Crippen molar-refractivity contribution in [2.24, 2.45) is 11.5 Å². The van der Waals surface area contributed by atoms with Crippen molar-refractivity contribution in [1.29, 1.82) is 0 Å². The molecule has 0 aliphatic heterocycles. The zero-order valence-electron chi connectivity index (χ0n) is 15.7. The first kappa shape index (κ1) is 26.1. The first-order valence-corrected chi connectivity index (χ1v) is 9.72. The Hall–Kier alpha value is -2.87. The van der Waals surface area contributed by atoms with Gasteiger partial charge < -0.3 is 37.6 Å². The van der Waals surface area contributed by atoms with Crippen LogP contribution in [0.2, 0.25) is 0 Å². The van der Waals surface area contributed by atoms with Crippen LogP contribution in [0, 0.1) is 0 Å². The standard InChI is InChI=1S/C15H25N5O8S/c1-29-3-2-8(19-13(26)7(16)4-11(22)23)15(28)20-9(5-10(17)21)14(27)18-6-12(24)25/h7-9H,2-6,16H2,1H3,(H2,17,21)(H,18,27)(H,19,26)(H,20,28)(H,22,23)(H,24,25). The van der Waals surface area contributed by atoms with Gasteiger partial charge in [0.25, 0.3) is 0 Å². The van der Waals surface area contributed by atoms with E-state index in [2.05, 4.69) is 10.6 Å². The molecule has 13 nitrogen and oxygen atoms in total. The molecule has 3 atom stereocenters. The van der Waals surface area contributed by atoms with Gasteiger partial charge in [0.05, 0.1) is 18.9 Å². The molecule has 0 radical (unpaired) electrons. The number of primary amides is 1. The lowest BCUT2D eigenvalue weighted by molar-refractivity contribution is -0.139. The van der Waals surface area contributed by atoms with Crippen molar-refractivity contribution in [3.8, 4) is 0 Å². The third-order valence-corrected chi connectivity index (χ3v) is 4.07. The largest absolute Gasteiger partial charge is 0.481 e. The van der Waals surface area contributed by atoms with E-state index >= 15 is 0 Å². The Balaban J connectivity index is 5.22. The summed E-state index contributed by atoms with van der Waals surface area (Å²) in [7, 11) is 0. The minimum absolute atomic E-state index is 0.124. The monoisotopic (exact) mass is 435 g/mol. The summed E-state index contributed by atoms with van der Waals surface area (Å²) in [6.45, 7) is -0.735. The van der Waals surface area contributed by atoms with Crippen LogP contribution in [-0.4, -0.2) is 82.5 Å². The molecule has 29 heavy (non-hydrogen) atoms. The third-order valence-electron chi connectivity index (χ3n) is 3.43. The molecular weight excluding hydrogens is 410 g/mol. The second-order valence-electron chi connectivity index (χ2n) is 5.89. The van der Waals surface area contributed by atoms with Crippen molar-refractivity contribution in [2.45, 2.75) is 37.4 Å². The fourth-order valence-corrected chi connectivity index (χ4v) is 2.50. The first-order valence-electron chi connectivity index (χ1n) is 8.32. The number of rotatable bonds is 14. The van der Waals surface area contributed by atoms with Crippen molar-refractivity contribution < 1.29 is 39.0 Å². The summed E-state index contributed by atoms with van der Waals surface area (Å²) >= 11 is 1.37. The third kappa shape index (κ3) is 11.5. The molecule has 164 valence electrons. The molecule has 14 heteroatoms. The highest BCUT2D eigenvalue weighted by atomic mass is 32.2. The van der Waals surface area contributed by atoms with Crippen molar-refractivity contribution >= 4 is 47.3 Å². The van der Waals surface area contributed by atoms with Gasteiger partial charge in [-0.05, 0) is 18.4 Å². The van der Waals surface area contributed by atoms with E-state index in [-0.39, 0.29) is 6.42 Å². The average Bonchev–Trinajstić information content (AvgIpc) is 2.61. The Kier molecular flexibility index (Phi) is 12.0. The SMILES string of the molecule is CSCCC(NC(=O)C(N)CC(=O)O)C(=O)NC(CC(N)=O)C(=O)NCC(=O)O. The summed E-state index contributed by atoms with van der Waals surface area (Å²) in [5.41, 5.74) is 10.5. The number of nitrogens with one attached hydrogen (secondary N) is 3. The van der Waals surface area contributed by atoms with Gasteiger partial charge in [-0.2, -0.15) is 11.8 Å². The molecule has 0 aromatic carbocycles. The zero-order valence-corrected chi connectivity index (χ0v) is 16.5. The summed E-state index contributed by atoms with van der Waals surface area (Å²) in [5.74, 6) is -5.79. The number of carboxylic acid groups (broad SMARTS) is 2. The van der Waals surface area contributed by atoms with Crippen molar-refractivity contribution in [3.05, 3.63) is 0 Å². The van der Waals surface area contributed by atoms with Gasteiger partial charge in [0.15, 0.2) is 0 Å². The molecule has 0 saturated carbocycles. The molecule has 0 aromatic rings. The van der Waals surface area contributed by atoms with E-state index in [1.807, 2.05) is 5.32 Å². The van der Waals surface area contributed by atoms with Crippen LogP contribution in [0.5, 0.6) is 0 Å². The number of carbonyl (C=O) groups is 6. The van der Waals surface area contributed by atoms with E-state index in [9.17, 15) is 28.8 Å². The number of hydrogen-bond acceptors (Lipinski definition) is 8. The Labute approximate surface area is 170 Å². The highest BCUT2D eigenvalue weighted by molar-refractivity contribution is 7.98. The highest BCUT2D eigenvalue weighted by Crippen LogP contribution is 2.04. The molecule has 0 spiro atoms. The van der Waals surface area contributed by atoms with Gasteiger partial charge in [-0.15, -0.1) is 0 Å². The molecule has 4 amide bonds. The van der Waals surface area contributed by atoms with Crippen LogP contribution in [0.15, 0.2) is 0 Å². The zero-order chi connectivity index (χ0) is 22.6. The molecule has 0 aliphatic carbocycles. The predicted molar refractivity (Wildman–Crippen MR) is 102 cm³/mol. The summed E-state index contributed by atoms with van der Waals surface area (Å²) in [6, 6.07) is -4.02. The van der Waals surface area contributed by atoms with Gasteiger partial charge in [0, 0.05) is 0 Å². The molecule has 0 saturated heterocycles. The Morgan fingerprint density at radius 2 is 1.48 bits per heavy atom. The quantitative estimate of drug-likeness (QED) is 0.143. The normalized spacial score (nSPS) is 13.4. The minimum Gasteiger partial charge on any atom is -0.481 e. The molecule has 0 rings (SSSR count). The molecule has 0 aliphatic rings. The number of carbonyl (C=O) groups excluding carboxylic acids is 4. The highest BCUT2D eigenvalue weighted by Gasteiger charge is 2.29. The lowest BCUT2D eigenvalue weighted by atomic mass is 10.1. The predicted octanol–water partition coefficient (Wildman–Crippen LogP) is -3.41. The topological polar surface area (TPSA) is 231 Å². The number of hydrogen-bond donors (Lipinski definition) is 7. The average molecular weight is 435 g/mol. The van der Waals surface area contributed by atoms with Crippen LogP contribution in [0.1, 0.15) is 19.3 Å². The second-order valence-corrected chi connectivity index (χ2v) is 6.88. The van der Waals surface area contributed by atoms with Crippen LogP contribution in [0.3, 0.4) is 0 Å². The maximum absolute atomic E-state index is 12.5. The minimum atomic E-state index is -1.46. The lowest BCUT2D eigenvalue weighted by Crippen LogP contribution is -2.57. The molecule has 0 fully saturated rings. The van der Waals surface area contributed by atoms with Gasteiger partial charge in [0.1, 0.15) is 18.6 Å². The van der Waals surface area contributed by atoms with E-state index < -0.39 is 73.1 Å². The van der Waals surface area contributed by atoms with Gasteiger partial charge >= 0.3 is 11.9 Å². The summed E-state index contributed by atoms with van der Waals surface area (Å²) < 4.78 is 0.